The lowest BCUT2D eigenvalue weighted by molar-refractivity contribution is 0.104. The number of carbonyl (C=O) groups excluding carboxylic acids is 1. The monoisotopic (exact) mass is 332 g/mol. The summed E-state index contributed by atoms with van der Waals surface area (Å²) in [5.41, 5.74) is 4.85. The Balaban J connectivity index is 1.61. The van der Waals surface area contributed by atoms with Crippen molar-refractivity contribution < 1.29 is 9.90 Å². The molecule has 0 saturated carbocycles. The van der Waals surface area contributed by atoms with Gasteiger partial charge < -0.3 is 5.11 Å². The van der Waals surface area contributed by atoms with Crippen LogP contribution in [0.4, 0.5) is 0 Å². The van der Waals surface area contributed by atoms with Gasteiger partial charge in [0.25, 0.3) is 0 Å². The predicted octanol–water partition coefficient (Wildman–Crippen LogP) is 4.73. The number of carbonyl (C=O) groups is 1. The topological polar surface area (TPSA) is 37.3 Å². The molecule has 4 rings (SSSR count). The summed E-state index contributed by atoms with van der Waals surface area (Å²) in [6, 6.07) is 19.9. The van der Waals surface area contributed by atoms with Gasteiger partial charge in [0.1, 0.15) is 0 Å². The largest absolute Gasteiger partial charge is 0.392 e. The first-order chi connectivity index (χ1) is 11.7. The quantitative estimate of drug-likeness (QED) is 0.704. The lowest BCUT2D eigenvalue weighted by Crippen LogP contribution is -1.94. The van der Waals surface area contributed by atoms with Gasteiger partial charge in [0, 0.05) is 27.3 Å². The number of aliphatic hydroxyl groups is 1. The number of benzene rings is 2. The Morgan fingerprint density at radius 1 is 1.00 bits per heavy atom. The number of ketones is 1. The van der Waals surface area contributed by atoms with E-state index in [9.17, 15) is 4.79 Å². The molecule has 0 aliphatic heterocycles. The van der Waals surface area contributed by atoms with Crippen molar-refractivity contribution in [3.8, 4) is 10.4 Å². The number of allylic oxidation sites excluding steroid dienone is 1. The van der Waals surface area contributed by atoms with Gasteiger partial charge in [-0.25, -0.2) is 0 Å². The van der Waals surface area contributed by atoms with Crippen molar-refractivity contribution in [3.05, 3.63) is 87.8 Å². The third-order valence-corrected chi connectivity index (χ3v) is 5.38. The van der Waals surface area contributed by atoms with E-state index in [4.69, 9.17) is 5.11 Å². The van der Waals surface area contributed by atoms with E-state index in [1.54, 1.807) is 11.3 Å². The van der Waals surface area contributed by atoms with Crippen LogP contribution in [-0.4, -0.2) is 10.9 Å². The van der Waals surface area contributed by atoms with Crippen molar-refractivity contribution in [2.24, 2.45) is 0 Å². The Hall–Kier alpha value is -2.49. The van der Waals surface area contributed by atoms with Gasteiger partial charge in [-0.2, -0.15) is 0 Å². The van der Waals surface area contributed by atoms with Crippen molar-refractivity contribution >= 4 is 23.2 Å². The summed E-state index contributed by atoms with van der Waals surface area (Å²) in [6.07, 6.45) is 2.73. The first-order valence-electron chi connectivity index (χ1n) is 7.88. The number of aliphatic hydroxyl groups excluding tert-OH is 1. The molecule has 2 aromatic carbocycles. The normalized spacial score (nSPS) is 15.0. The van der Waals surface area contributed by atoms with Crippen molar-refractivity contribution in [1.82, 2.24) is 0 Å². The van der Waals surface area contributed by atoms with Crippen LogP contribution in [0.3, 0.4) is 0 Å². The fourth-order valence-corrected chi connectivity index (χ4v) is 3.98. The Kier molecular flexibility index (Phi) is 3.89. The molecule has 0 unspecified atom stereocenters. The minimum absolute atomic E-state index is 0.0603. The van der Waals surface area contributed by atoms with Crippen LogP contribution in [0.1, 0.15) is 26.4 Å². The summed E-state index contributed by atoms with van der Waals surface area (Å²) < 4.78 is 0. The molecule has 24 heavy (non-hydrogen) atoms. The fourth-order valence-electron chi connectivity index (χ4n) is 3.00. The van der Waals surface area contributed by atoms with Crippen LogP contribution in [0, 0.1) is 0 Å². The number of hydrogen-bond acceptors (Lipinski definition) is 3. The lowest BCUT2D eigenvalue weighted by atomic mass is 10.1. The molecule has 0 atom stereocenters. The van der Waals surface area contributed by atoms with Crippen molar-refractivity contribution in [3.63, 3.8) is 0 Å². The number of thiophene rings is 1. The first kappa shape index (κ1) is 15.1. The maximum atomic E-state index is 12.5. The third kappa shape index (κ3) is 2.73. The molecule has 0 amide bonds. The highest BCUT2D eigenvalue weighted by Gasteiger charge is 2.24. The van der Waals surface area contributed by atoms with Gasteiger partial charge in [-0.05, 0) is 34.9 Å². The number of hydrogen-bond donors (Lipinski definition) is 1. The van der Waals surface area contributed by atoms with Crippen molar-refractivity contribution in [2.75, 3.05) is 0 Å². The second kappa shape index (κ2) is 6.19. The van der Waals surface area contributed by atoms with Crippen molar-refractivity contribution in [1.29, 1.82) is 0 Å². The van der Waals surface area contributed by atoms with Crippen LogP contribution in [0.5, 0.6) is 0 Å². The molecule has 1 aromatic heterocycles. The molecule has 2 nitrogen and oxygen atoms in total. The molecule has 0 radical (unpaired) electrons. The zero-order valence-corrected chi connectivity index (χ0v) is 13.8. The van der Waals surface area contributed by atoms with E-state index in [-0.39, 0.29) is 12.4 Å². The summed E-state index contributed by atoms with van der Waals surface area (Å²) >= 11 is 1.68. The highest BCUT2D eigenvalue weighted by Crippen LogP contribution is 2.32. The number of fused-ring (bicyclic) bond motifs is 1. The molecule has 0 fully saturated rings. The number of Topliss-reactive ketones (excluding diaryl/α,β-unsaturated/α-hetero) is 1. The highest BCUT2D eigenvalue weighted by molar-refractivity contribution is 7.16. The SMILES string of the molecule is O=C1/C(=C\c2ccc(-c3ccc(CO)cc3)s2)Cc2ccccc21. The van der Waals surface area contributed by atoms with Gasteiger partial charge >= 0.3 is 0 Å². The van der Waals surface area contributed by atoms with Gasteiger partial charge in [0.2, 0.25) is 0 Å². The molecule has 3 aromatic rings. The molecule has 0 spiro atoms. The van der Waals surface area contributed by atoms with Crippen LogP contribution in [0.15, 0.2) is 66.2 Å². The van der Waals surface area contributed by atoms with Gasteiger partial charge in [0.15, 0.2) is 5.78 Å². The van der Waals surface area contributed by atoms with E-state index in [1.807, 2.05) is 54.6 Å². The molecular formula is C21H16O2S. The average Bonchev–Trinajstić information content (AvgIpc) is 3.21. The minimum atomic E-state index is 0.0603. The molecule has 3 heteroatoms. The van der Waals surface area contributed by atoms with Crippen LogP contribution >= 0.6 is 11.3 Å². The van der Waals surface area contributed by atoms with Crippen LogP contribution in [0.2, 0.25) is 0 Å². The van der Waals surface area contributed by atoms with Gasteiger partial charge in [-0.1, -0.05) is 48.5 Å². The molecular weight excluding hydrogens is 316 g/mol. The van der Waals surface area contributed by atoms with E-state index in [0.29, 0.717) is 6.42 Å². The van der Waals surface area contributed by atoms with Gasteiger partial charge in [0.05, 0.1) is 6.61 Å². The average molecular weight is 332 g/mol. The highest BCUT2D eigenvalue weighted by atomic mass is 32.1. The molecule has 118 valence electrons. The standard InChI is InChI=1S/C21H16O2S/c22-13-14-5-7-15(8-6-14)20-10-9-18(24-20)12-17-11-16-3-1-2-4-19(16)21(17)23/h1-10,12,22H,11,13H2/b17-12-. The Morgan fingerprint density at radius 3 is 2.54 bits per heavy atom. The van der Waals surface area contributed by atoms with E-state index in [0.717, 1.165) is 37.6 Å². The Morgan fingerprint density at radius 2 is 1.79 bits per heavy atom. The van der Waals surface area contributed by atoms with Crippen LogP contribution < -0.4 is 0 Å². The zero-order valence-electron chi connectivity index (χ0n) is 13.0. The molecule has 1 N–H and O–H groups in total. The smallest absolute Gasteiger partial charge is 0.189 e. The van der Waals surface area contributed by atoms with E-state index in [2.05, 4.69) is 12.1 Å². The number of rotatable bonds is 3. The Labute approximate surface area is 144 Å². The van der Waals surface area contributed by atoms with Gasteiger partial charge in [-0.3, -0.25) is 4.79 Å². The maximum absolute atomic E-state index is 12.5. The maximum Gasteiger partial charge on any atom is 0.189 e. The second-order valence-corrected chi connectivity index (χ2v) is 7.01. The van der Waals surface area contributed by atoms with E-state index in [1.165, 1.54) is 0 Å². The summed E-state index contributed by atoms with van der Waals surface area (Å²) in [7, 11) is 0. The fraction of sp³-hybridized carbons (Fsp3) is 0.0952. The molecule has 1 aliphatic rings. The van der Waals surface area contributed by atoms with Crippen molar-refractivity contribution in [2.45, 2.75) is 13.0 Å². The second-order valence-electron chi connectivity index (χ2n) is 5.89. The Bertz CT molecular complexity index is 932. The molecule has 0 bridgehead atoms. The van der Waals surface area contributed by atoms with E-state index >= 15 is 0 Å². The first-order valence-corrected chi connectivity index (χ1v) is 8.69. The summed E-state index contributed by atoms with van der Waals surface area (Å²) in [4.78, 5) is 14.7. The predicted molar refractivity (Wildman–Crippen MR) is 98.1 cm³/mol. The van der Waals surface area contributed by atoms with E-state index < -0.39 is 0 Å². The van der Waals surface area contributed by atoms with Gasteiger partial charge in [-0.15, -0.1) is 11.3 Å². The minimum Gasteiger partial charge on any atom is -0.392 e. The zero-order chi connectivity index (χ0) is 16.5. The third-order valence-electron chi connectivity index (χ3n) is 4.30. The van der Waals surface area contributed by atoms with Crippen LogP contribution in [0.25, 0.3) is 16.5 Å². The summed E-state index contributed by atoms with van der Waals surface area (Å²) in [5.74, 6) is 0.146. The molecule has 1 heterocycles. The summed E-state index contributed by atoms with van der Waals surface area (Å²) in [6.45, 7) is 0.0603. The lowest BCUT2D eigenvalue weighted by Gasteiger charge is -1.99. The van der Waals surface area contributed by atoms with Crippen LogP contribution in [-0.2, 0) is 13.0 Å². The molecule has 1 aliphatic carbocycles. The summed E-state index contributed by atoms with van der Waals surface area (Å²) in [5, 5.41) is 9.12. The molecule has 0 saturated heterocycles.